The number of hydrogen-bond acceptors (Lipinski definition) is 5. The first kappa shape index (κ1) is 23.5. The first-order valence-electron chi connectivity index (χ1n) is 9.35. The molecule has 7 nitrogen and oxygen atoms in total. The predicted molar refractivity (Wildman–Crippen MR) is 117 cm³/mol. The molecule has 1 unspecified atom stereocenters. The maximum Gasteiger partial charge on any atom is 0.328 e. The fourth-order valence-corrected chi connectivity index (χ4v) is 3.24. The van der Waals surface area contributed by atoms with E-state index in [0.29, 0.717) is 27.0 Å². The molecule has 0 saturated carbocycles. The average Bonchev–Trinajstić information content (AvgIpc) is 2.69. The number of amides is 2. The minimum Gasteiger partial charge on any atom is -0.464 e. The zero-order chi connectivity index (χ0) is 22.1. The number of nitrogens with two attached hydrogens (primary N) is 1. The molecule has 0 spiro atoms. The number of primary amides is 1. The van der Waals surface area contributed by atoms with Crippen molar-refractivity contribution >= 4 is 52.4 Å². The molecule has 1 atom stereocenters. The Balaban J connectivity index is 2.14. The minimum atomic E-state index is -0.955. The molecule has 2 aromatic rings. The standard InChI is InChI=1S/C21H23Cl2N3O4/c1-2-30-21(29)17(10-11-18(24)27)25-19(28)12-13-6-3-4-9-16(13)26-20-14(22)7-5-8-15(20)23/h3-9,17,26H,2,10-12H2,1H3,(H2,24,27)(H,25,28). The number of esters is 1. The SMILES string of the molecule is CCOC(=O)C(CCC(N)=O)NC(=O)Cc1ccccc1Nc1c(Cl)cccc1Cl. The van der Waals surface area contributed by atoms with E-state index in [1.165, 1.54) is 0 Å². The molecule has 0 fully saturated rings. The number of carbonyl (C=O) groups excluding carboxylic acids is 3. The van der Waals surface area contributed by atoms with Gasteiger partial charge in [0.1, 0.15) is 6.04 Å². The van der Waals surface area contributed by atoms with E-state index < -0.39 is 23.8 Å². The van der Waals surface area contributed by atoms with Gasteiger partial charge in [0.25, 0.3) is 0 Å². The van der Waals surface area contributed by atoms with Gasteiger partial charge in [-0.15, -0.1) is 0 Å². The Labute approximate surface area is 184 Å². The van der Waals surface area contributed by atoms with Crippen LogP contribution in [0.15, 0.2) is 42.5 Å². The summed E-state index contributed by atoms with van der Waals surface area (Å²) in [6.45, 7) is 1.82. The van der Waals surface area contributed by atoms with Gasteiger partial charge >= 0.3 is 5.97 Å². The van der Waals surface area contributed by atoms with Crippen molar-refractivity contribution < 1.29 is 19.1 Å². The van der Waals surface area contributed by atoms with Crippen LogP contribution in [0.25, 0.3) is 0 Å². The van der Waals surface area contributed by atoms with Crippen LogP contribution in [0.4, 0.5) is 11.4 Å². The molecular weight excluding hydrogens is 429 g/mol. The molecular formula is C21H23Cl2N3O4. The van der Waals surface area contributed by atoms with Crippen LogP contribution in [0.3, 0.4) is 0 Å². The van der Waals surface area contributed by atoms with Crippen molar-refractivity contribution in [2.75, 3.05) is 11.9 Å². The highest BCUT2D eigenvalue weighted by Crippen LogP contribution is 2.33. The van der Waals surface area contributed by atoms with Crippen molar-refractivity contribution in [3.8, 4) is 0 Å². The number of rotatable bonds is 10. The molecule has 0 aliphatic carbocycles. The number of ether oxygens (including phenoxy) is 1. The van der Waals surface area contributed by atoms with E-state index in [1.54, 1.807) is 43.3 Å². The quantitative estimate of drug-likeness (QED) is 0.477. The summed E-state index contributed by atoms with van der Waals surface area (Å²) in [5.74, 6) is -1.58. The molecule has 0 radical (unpaired) electrons. The van der Waals surface area contributed by atoms with Crippen LogP contribution in [0, 0.1) is 0 Å². The molecule has 0 heterocycles. The molecule has 0 bridgehead atoms. The summed E-state index contributed by atoms with van der Waals surface area (Å²) in [6.07, 6.45) is -0.000332. The average molecular weight is 452 g/mol. The number of benzene rings is 2. The maximum absolute atomic E-state index is 12.6. The normalized spacial score (nSPS) is 11.4. The summed E-state index contributed by atoms with van der Waals surface area (Å²) >= 11 is 12.4. The predicted octanol–water partition coefficient (Wildman–Crippen LogP) is 3.59. The van der Waals surface area contributed by atoms with Crippen LogP contribution in [-0.4, -0.2) is 30.4 Å². The van der Waals surface area contributed by atoms with Gasteiger partial charge in [0, 0.05) is 12.1 Å². The summed E-state index contributed by atoms with van der Waals surface area (Å²) < 4.78 is 4.97. The smallest absolute Gasteiger partial charge is 0.328 e. The number of hydrogen-bond donors (Lipinski definition) is 3. The maximum atomic E-state index is 12.6. The van der Waals surface area contributed by atoms with Crippen LogP contribution in [0.5, 0.6) is 0 Å². The van der Waals surface area contributed by atoms with Crippen LogP contribution < -0.4 is 16.4 Å². The summed E-state index contributed by atoms with van der Waals surface area (Å²) in [4.78, 5) is 35.8. The van der Waals surface area contributed by atoms with Crippen LogP contribution >= 0.6 is 23.2 Å². The van der Waals surface area contributed by atoms with Crippen LogP contribution in [0.2, 0.25) is 10.0 Å². The van der Waals surface area contributed by atoms with Gasteiger partial charge in [0.15, 0.2) is 0 Å². The fraction of sp³-hybridized carbons (Fsp3) is 0.286. The van der Waals surface area contributed by atoms with E-state index in [4.69, 9.17) is 33.7 Å². The van der Waals surface area contributed by atoms with Crippen molar-refractivity contribution in [3.63, 3.8) is 0 Å². The molecule has 160 valence electrons. The molecule has 2 rings (SSSR count). The van der Waals surface area contributed by atoms with Crippen molar-refractivity contribution in [3.05, 3.63) is 58.1 Å². The lowest BCUT2D eigenvalue weighted by Gasteiger charge is -2.18. The lowest BCUT2D eigenvalue weighted by atomic mass is 10.1. The van der Waals surface area contributed by atoms with Gasteiger partial charge in [-0.25, -0.2) is 4.79 Å². The van der Waals surface area contributed by atoms with E-state index >= 15 is 0 Å². The molecule has 0 aliphatic rings. The van der Waals surface area contributed by atoms with Crippen molar-refractivity contribution in [1.82, 2.24) is 5.32 Å². The van der Waals surface area contributed by atoms with Crippen LogP contribution in [0.1, 0.15) is 25.3 Å². The second-order valence-corrected chi connectivity index (χ2v) is 7.25. The van der Waals surface area contributed by atoms with Gasteiger partial charge in [-0.2, -0.15) is 0 Å². The molecule has 0 aliphatic heterocycles. The largest absolute Gasteiger partial charge is 0.464 e. The number of carbonyl (C=O) groups is 3. The van der Waals surface area contributed by atoms with E-state index in [1.807, 2.05) is 6.07 Å². The first-order chi connectivity index (χ1) is 14.3. The molecule has 0 saturated heterocycles. The second kappa shape index (κ2) is 11.4. The van der Waals surface area contributed by atoms with Crippen molar-refractivity contribution in [1.29, 1.82) is 0 Å². The third-order valence-corrected chi connectivity index (χ3v) is 4.81. The summed E-state index contributed by atoms with van der Waals surface area (Å²) in [6, 6.07) is 11.3. The van der Waals surface area contributed by atoms with E-state index in [2.05, 4.69) is 10.6 Å². The third-order valence-electron chi connectivity index (χ3n) is 4.18. The summed E-state index contributed by atoms with van der Waals surface area (Å²) in [7, 11) is 0. The van der Waals surface area contributed by atoms with Crippen molar-refractivity contribution in [2.45, 2.75) is 32.2 Å². The minimum absolute atomic E-state index is 0.0161. The monoisotopic (exact) mass is 451 g/mol. The highest BCUT2D eigenvalue weighted by molar-refractivity contribution is 6.39. The lowest BCUT2D eigenvalue weighted by molar-refractivity contribution is -0.147. The molecule has 9 heteroatoms. The van der Waals surface area contributed by atoms with Gasteiger partial charge in [0.05, 0.1) is 28.8 Å². The molecule has 2 amide bonds. The number of anilines is 2. The van der Waals surface area contributed by atoms with E-state index in [-0.39, 0.29) is 25.9 Å². The first-order valence-corrected chi connectivity index (χ1v) is 10.1. The highest BCUT2D eigenvalue weighted by Gasteiger charge is 2.23. The zero-order valence-electron chi connectivity index (χ0n) is 16.4. The Bertz CT molecular complexity index is 901. The number of halogens is 2. The van der Waals surface area contributed by atoms with Gasteiger partial charge in [-0.05, 0) is 37.1 Å². The summed E-state index contributed by atoms with van der Waals surface area (Å²) in [5, 5.41) is 6.65. The lowest BCUT2D eigenvalue weighted by Crippen LogP contribution is -2.43. The van der Waals surface area contributed by atoms with Gasteiger partial charge in [0.2, 0.25) is 11.8 Å². The third kappa shape index (κ3) is 6.93. The molecule has 2 aromatic carbocycles. The second-order valence-electron chi connectivity index (χ2n) is 6.43. The topological polar surface area (TPSA) is 111 Å². The van der Waals surface area contributed by atoms with Gasteiger partial charge in [-0.1, -0.05) is 47.5 Å². The zero-order valence-corrected chi connectivity index (χ0v) is 17.9. The fourth-order valence-electron chi connectivity index (χ4n) is 2.75. The van der Waals surface area contributed by atoms with E-state index in [9.17, 15) is 14.4 Å². The van der Waals surface area contributed by atoms with Gasteiger partial charge < -0.3 is 21.1 Å². The highest BCUT2D eigenvalue weighted by atomic mass is 35.5. The summed E-state index contributed by atoms with van der Waals surface area (Å²) in [5.41, 5.74) is 7.00. The Hall–Kier alpha value is -2.77. The van der Waals surface area contributed by atoms with E-state index in [0.717, 1.165) is 0 Å². The molecule has 0 aromatic heterocycles. The Morgan fingerprint density at radius 1 is 1.07 bits per heavy atom. The number of nitrogens with one attached hydrogen (secondary N) is 2. The van der Waals surface area contributed by atoms with Crippen molar-refractivity contribution in [2.24, 2.45) is 5.73 Å². The number of para-hydroxylation sites is 2. The Morgan fingerprint density at radius 2 is 1.73 bits per heavy atom. The molecule has 4 N–H and O–H groups in total. The van der Waals surface area contributed by atoms with Gasteiger partial charge in [-0.3, -0.25) is 9.59 Å². The van der Waals surface area contributed by atoms with Crippen LogP contribution in [-0.2, 0) is 25.5 Å². The Kier molecular flexibility index (Phi) is 8.95. The molecule has 30 heavy (non-hydrogen) atoms. The Morgan fingerprint density at radius 3 is 2.37 bits per heavy atom.